The van der Waals surface area contributed by atoms with Crippen LogP contribution in [0.5, 0.6) is 0 Å². The summed E-state index contributed by atoms with van der Waals surface area (Å²) in [4.78, 5) is 6.79. The maximum absolute atomic E-state index is 8.95. The SMILES string of the molecule is CCN(CCCO)c1nc2ccccn2c1CN. The highest BCUT2D eigenvalue weighted by atomic mass is 16.3. The number of aromatic nitrogens is 2. The molecule has 0 saturated carbocycles. The Kier molecular flexibility index (Phi) is 4.17. The van der Waals surface area contributed by atoms with E-state index in [0.717, 1.165) is 36.7 Å². The lowest BCUT2D eigenvalue weighted by Crippen LogP contribution is -2.26. The summed E-state index contributed by atoms with van der Waals surface area (Å²) in [6, 6.07) is 5.92. The molecule has 0 atom stereocenters. The fourth-order valence-electron chi connectivity index (χ4n) is 2.15. The normalized spacial score (nSPS) is 11.1. The molecule has 0 saturated heterocycles. The first-order chi connectivity index (χ1) is 8.81. The lowest BCUT2D eigenvalue weighted by molar-refractivity contribution is 0.289. The second kappa shape index (κ2) is 5.84. The molecule has 0 spiro atoms. The lowest BCUT2D eigenvalue weighted by Gasteiger charge is -2.21. The molecule has 0 aliphatic heterocycles. The maximum Gasteiger partial charge on any atom is 0.152 e. The summed E-state index contributed by atoms with van der Waals surface area (Å²) in [5, 5.41) is 8.95. The summed E-state index contributed by atoms with van der Waals surface area (Å²) in [7, 11) is 0. The van der Waals surface area contributed by atoms with Crippen molar-refractivity contribution in [2.24, 2.45) is 5.73 Å². The number of hydrogen-bond donors (Lipinski definition) is 2. The van der Waals surface area contributed by atoms with Gasteiger partial charge < -0.3 is 20.1 Å². The van der Waals surface area contributed by atoms with Gasteiger partial charge >= 0.3 is 0 Å². The molecule has 0 aliphatic carbocycles. The number of aliphatic hydroxyl groups excluding tert-OH is 1. The van der Waals surface area contributed by atoms with Gasteiger partial charge in [-0.05, 0) is 25.5 Å². The first kappa shape index (κ1) is 12.9. The molecule has 0 aromatic carbocycles. The number of nitrogens with zero attached hydrogens (tertiary/aromatic N) is 3. The van der Waals surface area contributed by atoms with Crippen molar-refractivity contribution in [3.8, 4) is 0 Å². The number of nitrogens with two attached hydrogens (primary N) is 1. The van der Waals surface area contributed by atoms with Crippen LogP contribution in [0.25, 0.3) is 5.65 Å². The van der Waals surface area contributed by atoms with Gasteiger partial charge in [0.2, 0.25) is 0 Å². The largest absolute Gasteiger partial charge is 0.396 e. The Bertz CT molecular complexity index is 509. The molecule has 0 bridgehead atoms. The van der Waals surface area contributed by atoms with Gasteiger partial charge in [-0.15, -0.1) is 0 Å². The summed E-state index contributed by atoms with van der Waals surface area (Å²) >= 11 is 0. The zero-order chi connectivity index (χ0) is 13.0. The van der Waals surface area contributed by atoms with Crippen molar-refractivity contribution >= 4 is 11.5 Å². The first-order valence-corrected chi connectivity index (χ1v) is 6.33. The van der Waals surface area contributed by atoms with E-state index in [0.29, 0.717) is 6.54 Å². The molecule has 0 unspecified atom stereocenters. The van der Waals surface area contributed by atoms with Crippen LogP contribution in [0.15, 0.2) is 24.4 Å². The van der Waals surface area contributed by atoms with E-state index in [2.05, 4.69) is 16.8 Å². The molecule has 0 amide bonds. The van der Waals surface area contributed by atoms with Gasteiger partial charge in [-0.1, -0.05) is 6.07 Å². The molecule has 0 radical (unpaired) electrons. The predicted molar refractivity (Wildman–Crippen MR) is 72.7 cm³/mol. The second-order valence-electron chi connectivity index (χ2n) is 4.17. The molecule has 0 fully saturated rings. The zero-order valence-electron chi connectivity index (χ0n) is 10.7. The first-order valence-electron chi connectivity index (χ1n) is 6.33. The Morgan fingerprint density at radius 3 is 2.94 bits per heavy atom. The van der Waals surface area contributed by atoms with Crippen LogP contribution < -0.4 is 10.6 Å². The number of aliphatic hydroxyl groups is 1. The molecular weight excluding hydrogens is 228 g/mol. The van der Waals surface area contributed by atoms with Crippen LogP contribution in [-0.2, 0) is 6.54 Å². The van der Waals surface area contributed by atoms with E-state index in [1.807, 2.05) is 28.8 Å². The number of fused-ring (bicyclic) bond motifs is 1. The van der Waals surface area contributed by atoms with Crippen LogP contribution in [0.4, 0.5) is 5.82 Å². The number of rotatable bonds is 6. The van der Waals surface area contributed by atoms with Gasteiger partial charge in [0.1, 0.15) is 5.65 Å². The van der Waals surface area contributed by atoms with Crippen molar-refractivity contribution in [3.63, 3.8) is 0 Å². The Labute approximate surface area is 107 Å². The fourth-order valence-corrected chi connectivity index (χ4v) is 2.15. The molecule has 0 aliphatic rings. The third-order valence-corrected chi connectivity index (χ3v) is 3.07. The van der Waals surface area contributed by atoms with Crippen molar-refractivity contribution in [3.05, 3.63) is 30.1 Å². The minimum atomic E-state index is 0.196. The topological polar surface area (TPSA) is 66.8 Å². The van der Waals surface area contributed by atoms with Crippen molar-refractivity contribution in [2.75, 3.05) is 24.6 Å². The third kappa shape index (κ3) is 2.32. The van der Waals surface area contributed by atoms with Gasteiger partial charge in [0.05, 0.1) is 5.69 Å². The zero-order valence-corrected chi connectivity index (χ0v) is 10.7. The van der Waals surface area contributed by atoms with E-state index in [9.17, 15) is 0 Å². The quantitative estimate of drug-likeness (QED) is 0.800. The molecular formula is C13H20N4O. The van der Waals surface area contributed by atoms with Crippen LogP contribution in [0, 0.1) is 0 Å². The lowest BCUT2D eigenvalue weighted by atomic mass is 10.3. The molecule has 3 N–H and O–H groups in total. The van der Waals surface area contributed by atoms with Crippen molar-refractivity contribution < 1.29 is 5.11 Å². The summed E-state index contributed by atoms with van der Waals surface area (Å²) < 4.78 is 2.02. The van der Waals surface area contributed by atoms with Gasteiger partial charge in [-0.3, -0.25) is 0 Å². The van der Waals surface area contributed by atoms with E-state index in [1.165, 1.54) is 0 Å². The van der Waals surface area contributed by atoms with E-state index >= 15 is 0 Å². The van der Waals surface area contributed by atoms with Crippen molar-refractivity contribution in [1.29, 1.82) is 0 Å². The van der Waals surface area contributed by atoms with E-state index in [1.54, 1.807) is 0 Å². The Hall–Kier alpha value is -1.59. The summed E-state index contributed by atoms with van der Waals surface area (Å²) in [5.41, 5.74) is 7.78. The molecule has 18 heavy (non-hydrogen) atoms. The highest BCUT2D eigenvalue weighted by Gasteiger charge is 2.15. The van der Waals surface area contributed by atoms with Crippen LogP contribution in [0.3, 0.4) is 0 Å². The van der Waals surface area contributed by atoms with E-state index in [4.69, 9.17) is 10.8 Å². The highest BCUT2D eigenvalue weighted by Crippen LogP contribution is 2.21. The van der Waals surface area contributed by atoms with Crippen molar-refractivity contribution in [1.82, 2.24) is 9.38 Å². The summed E-state index contributed by atoms with van der Waals surface area (Å²) in [6.45, 7) is 4.39. The molecule has 2 heterocycles. The number of hydrogen-bond acceptors (Lipinski definition) is 4. The Morgan fingerprint density at radius 2 is 2.28 bits per heavy atom. The molecule has 2 aromatic rings. The minimum absolute atomic E-state index is 0.196. The van der Waals surface area contributed by atoms with Gasteiger partial charge in [0, 0.05) is 32.4 Å². The fraction of sp³-hybridized carbons (Fsp3) is 0.462. The third-order valence-electron chi connectivity index (χ3n) is 3.07. The monoisotopic (exact) mass is 248 g/mol. The standard InChI is InChI=1S/C13H20N4O/c1-2-16(7-5-9-18)13-11(10-14)17-8-4-3-6-12(17)15-13/h3-4,6,8,18H,2,5,7,9-10,14H2,1H3. The van der Waals surface area contributed by atoms with Crippen LogP contribution in [0.2, 0.25) is 0 Å². The van der Waals surface area contributed by atoms with Crippen LogP contribution in [-0.4, -0.2) is 34.2 Å². The Morgan fingerprint density at radius 1 is 1.44 bits per heavy atom. The highest BCUT2D eigenvalue weighted by molar-refractivity contribution is 5.55. The van der Waals surface area contributed by atoms with Gasteiger partial charge in [-0.2, -0.15) is 0 Å². The molecule has 98 valence electrons. The maximum atomic E-state index is 8.95. The molecule has 5 heteroatoms. The second-order valence-corrected chi connectivity index (χ2v) is 4.17. The van der Waals surface area contributed by atoms with Crippen molar-refractivity contribution in [2.45, 2.75) is 19.9 Å². The Balaban J connectivity index is 2.41. The molecule has 2 rings (SSSR count). The van der Waals surface area contributed by atoms with E-state index < -0.39 is 0 Å². The van der Waals surface area contributed by atoms with Crippen LogP contribution >= 0.6 is 0 Å². The van der Waals surface area contributed by atoms with Gasteiger partial charge in [0.25, 0.3) is 0 Å². The average molecular weight is 248 g/mol. The summed E-state index contributed by atoms with van der Waals surface area (Å²) in [6.07, 6.45) is 2.72. The molecule has 5 nitrogen and oxygen atoms in total. The van der Waals surface area contributed by atoms with E-state index in [-0.39, 0.29) is 6.61 Å². The molecule has 2 aromatic heterocycles. The summed E-state index contributed by atoms with van der Waals surface area (Å²) in [5.74, 6) is 0.930. The number of pyridine rings is 1. The number of imidazole rings is 1. The number of anilines is 1. The smallest absolute Gasteiger partial charge is 0.152 e. The minimum Gasteiger partial charge on any atom is -0.396 e. The van der Waals surface area contributed by atoms with Crippen LogP contribution in [0.1, 0.15) is 19.0 Å². The van der Waals surface area contributed by atoms with Gasteiger partial charge in [-0.25, -0.2) is 4.98 Å². The average Bonchev–Trinajstić information content (AvgIpc) is 2.78. The predicted octanol–water partition coefficient (Wildman–Crippen LogP) is 1.00. The van der Waals surface area contributed by atoms with Gasteiger partial charge in [0.15, 0.2) is 5.82 Å².